The van der Waals surface area contributed by atoms with Crippen LogP contribution in [0.25, 0.3) is 11.6 Å². The van der Waals surface area contributed by atoms with Crippen molar-refractivity contribution < 1.29 is 14.3 Å². The zero-order valence-electron chi connectivity index (χ0n) is 26.9. The van der Waals surface area contributed by atoms with Crippen LogP contribution in [0.4, 0.5) is 0 Å². The number of carbonyl (C=O) groups is 1. The van der Waals surface area contributed by atoms with Gasteiger partial charge >= 0.3 is 0 Å². The summed E-state index contributed by atoms with van der Waals surface area (Å²) >= 11 is 1.14. The molecular weight excluding hydrogens is 621 g/mol. The highest BCUT2D eigenvalue weighted by atomic mass is 32.1. The summed E-state index contributed by atoms with van der Waals surface area (Å²) in [5.74, 6) is 0.813. The molecule has 0 atom stereocenters. The zero-order chi connectivity index (χ0) is 33.5. The molecule has 4 aromatic carbocycles. The average molecular weight is 657 g/mol. The average Bonchev–Trinajstić information content (AvgIpc) is 3.43. The van der Waals surface area contributed by atoms with Gasteiger partial charge in [-0.2, -0.15) is 5.26 Å². The highest BCUT2D eigenvalue weighted by molar-refractivity contribution is 7.07. The minimum absolute atomic E-state index is 0.0404. The maximum atomic E-state index is 14.1. The SMILES string of the molecule is COc1ccc(OC)c(/C=c2/s/c(=C(\C#N)C(=O)N3CCN(C(c4ccccc4)c4ccccc4)CC3)n(Cc3ccccc3)c2=O)c1. The van der Waals surface area contributed by atoms with Gasteiger partial charge in [-0.05, 0) is 41.0 Å². The van der Waals surface area contributed by atoms with E-state index in [9.17, 15) is 14.9 Å². The number of rotatable bonds is 9. The molecule has 242 valence electrons. The molecule has 0 saturated carbocycles. The molecule has 1 aromatic heterocycles. The van der Waals surface area contributed by atoms with E-state index in [4.69, 9.17) is 9.47 Å². The Morgan fingerprint density at radius 2 is 1.46 bits per heavy atom. The molecule has 1 amide bonds. The Morgan fingerprint density at radius 1 is 0.854 bits per heavy atom. The van der Waals surface area contributed by atoms with Crippen LogP contribution in [0.5, 0.6) is 11.5 Å². The van der Waals surface area contributed by atoms with Gasteiger partial charge in [0.25, 0.3) is 11.5 Å². The summed E-state index contributed by atoms with van der Waals surface area (Å²) in [7, 11) is 3.14. The lowest BCUT2D eigenvalue weighted by Crippen LogP contribution is -2.50. The van der Waals surface area contributed by atoms with Crippen molar-refractivity contribution >= 4 is 28.9 Å². The lowest BCUT2D eigenvalue weighted by molar-refractivity contribution is -0.126. The Balaban J connectivity index is 1.37. The molecule has 9 heteroatoms. The van der Waals surface area contributed by atoms with Gasteiger partial charge in [-0.1, -0.05) is 91.0 Å². The lowest BCUT2D eigenvalue weighted by atomic mass is 9.96. The molecular formula is C39H36N4O4S. The van der Waals surface area contributed by atoms with Gasteiger partial charge in [-0.25, -0.2) is 0 Å². The molecule has 48 heavy (non-hydrogen) atoms. The monoisotopic (exact) mass is 656 g/mol. The van der Waals surface area contributed by atoms with Crippen molar-refractivity contribution in [2.45, 2.75) is 12.6 Å². The second kappa shape index (κ2) is 15.0. The number of carbonyl (C=O) groups excluding carboxylic acids is 1. The van der Waals surface area contributed by atoms with Crippen LogP contribution in [-0.2, 0) is 11.3 Å². The number of ether oxygens (including phenoxy) is 2. The maximum absolute atomic E-state index is 14.1. The molecule has 1 fully saturated rings. The summed E-state index contributed by atoms with van der Waals surface area (Å²) < 4.78 is 13.2. The van der Waals surface area contributed by atoms with Crippen molar-refractivity contribution in [1.29, 1.82) is 5.26 Å². The van der Waals surface area contributed by atoms with Crippen molar-refractivity contribution in [1.82, 2.24) is 14.4 Å². The number of nitrogens with zero attached hydrogens (tertiary/aromatic N) is 4. The quantitative estimate of drug-likeness (QED) is 0.234. The molecule has 0 bridgehead atoms. The third kappa shape index (κ3) is 6.95. The van der Waals surface area contributed by atoms with E-state index in [-0.39, 0.29) is 29.6 Å². The largest absolute Gasteiger partial charge is 0.497 e. The summed E-state index contributed by atoms with van der Waals surface area (Å²) in [6, 6.07) is 37.9. The highest BCUT2D eigenvalue weighted by Gasteiger charge is 2.30. The molecule has 1 saturated heterocycles. The van der Waals surface area contributed by atoms with Crippen LogP contribution >= 0.6 is 11.3 Å². The molecule has 0 aliphatic carbocycles. The van der Waals surface area contributed by atoms with Crippen LogP contribution in [0.3, 0.4) is 0 Å². The predicted octanol–water partition coefficient (Wildman–Crippen LogP) is 4.41. The van der Waals surface area contributed by atoms with Gasteiger partial charge in [0.2, 0.25) is 0 Å². The number of hydrogen-bond donors (Lipinski definition) is 0. The standard InChI is InChI=1S/C39H36N4O4S/c1-46-32-18-19-34(47-2)31(24-32)25-35-38(45)43(27-28-12-6-3-7-13-28)39(48-35)33(26-40)37(44)42-22-20-41(21-23-42)36(29-14-8-4-9-15-29)30-16-10-5-11-17-30/h3-19,24-25,36H,20-23,27H2,1-2H3/b35-25+,39-33+. The van der Waals surface area contributed by atoms with Crippen molar-refractivity contribution in [3.63, 3.8) is 0 Å². The van der Waals surface area contributed by atoms with Crippen LogP contribution < -0.4 is 24.2 Å². The maximum Gasteiger partial charge on any atom is 0.269 e. The third-order valence-electron chi connectivity index (χ3n) is 8.55. The van der Waals surface area contributed by atoms with Crippen LogP contribution in [-0.4, -0.2) is 60.7 Å². The van der Waals surface area contributed by atoms with E-state index >= 15 is 0 Å². The second-order valence-corrected chi connectivity index (χ2v) is 12.5. The van der Waals surface area contributed by atoms with E-state index in [1.807, 2.05) is 66.7 Å². The fourth-order valence-electron chi connectivity index (χ4n) is 6.12. The first-order valence-corrected chi connectivity index (χ1v) is 16.6. The molecule has 1 aliphatic rings. The van der Waals surface area contributed by atoms with E-state index in [0.29, 0.717) is 52.4 Å². The highest BCUT2D eigenvalue weighted by Crippen LogP contribution is 2.30. The zero-order valence-corrected chi connectivity index (χ0v) is 27.7. The van der Waals surface area contributed by atoms with Crippen LogP contribution in [0.1, 0.15) is 28.3 Å². The Morgan fingerprint density at radius 3 is 2.02 bits per heavy atom. The first kappa shape index (κ1) is 32.5. The van der Waals surface area contributed by atoms with Gasteiger partial charge in [-0.3, -0.25) is 19.1 Å². The summed E-state index contributed by atoms with van der Waals surface area (Å²) in [5.41, 5.74) is 3.58. The number of hydrogen-bond acceptors (Lipinski definition) is 7. The smallest absolute Gasteiger partial charge is 0.269 e. The molecule has 1 aliphatic heterocycles. The molecule has 0 radical (unpaired) electrons. The van der Waals surface area contributed by atoms with Gasteiger partial charge in [-0.15, -0.1) is 11.3 Å². The fourth-order valence-corrected chi connectivity index (χ4v) is 7.21. The molecule has 0 N–H and O–H groups in total. The minimum atomic E-state index is -0.373. The second-order valence-electron chi connectivity index (χ2n) is 11.4. The number of aromatic nitrogens is 1. The molecule has 5 aromatic rings. The van der Waals surface area contributed by atoms with E-state index in [0.717, 1.165) is 16.9 Å². The van der Waals surface area contributed by atoms with Crippen molar-refractivity contribution in [3.8, 4) is 17.6 Å². The van der Waals surface area contributed by atoms with E-state index < -0.39 is 0 Å². The molecule has 6 rings (SSSR count). The van der Waals surface area contributed by atoms with Gasteiger partial charge in [0.1, 0.15) is 22.2 Å². The number of amides is 1. The summed E-state index contributed by atoms with van der Waals surface area (Å²) in [6.45, 7) is 2.39. The van der Waals surface area contributed by atoms with Gasteiger partial charge < -0.3 is 14.4 Å². The number of nitriles is 1. The minimum Gasteiger partial charge on any atom is -0.497 e. The van der Waals surface area contributed by atoms with Crippen molar-refractivity contribution in [2.24, 2.45) is 0 Å². The summed E-state index contributed by atoms with van der Waals surface area (Å²) in [6.07, 6.45) is 1.73. The first-order chi connectivity index (χ1) is 23.5. The Hall–Kier alpha value is -5.43. The van der Waals surface area contributed by atoms with Crippen molar-refractivity contribution in [2.75, 3.05) is 40.4 Å². The lowest BCUT2D eigenvalue weighted by Gasteiger charge is -2.39. The van der Waals surface area contributed by atoms with E-state index in [1.54, 1.807) is 43.4 Å². The number of thiazole rings is 1. The Kier molecular flexibility index (Phi) is 10.1. The van der Waals surface area contributed by atoms with Gasteiger partial charge in [0.15, 0.2) is 5.57 Å². The summed E-state index contributed by atoms with van der Waals surface area (Å²) in [5, 5.41) is 10.4. The Labute approximate surface area is 283 Å². The predicted molar refractivity (Wildman–Crippen MR) is 188 cm³/mol. The van der Waals surface area contributed by atoms with Gasteiger partial charge in [0, 0.05) is 31.7 Å². The normalized spacial score (nSPS) is 14.5. The first-order valence-electron chi connectivity index (χ1n) is 15.8. The van der Waals surface area contributed by atoms with E-state index in [1.165, 1.54) is 15.7 Å². The number of piperazine rings is 1. The van der Waals surface area contributed by atoms with Crippen molar-refractivity contribution in [3.05, 3.63) is 151 Å². The fraction of sp³-hybridized carbons (Fsp3) is 0.205. The molecule has 0 spiro atoms. The van der Waals surface area contributed by atoms with Gasteiger partial charge in [0.05, 0.1) is 31.3 Å². The third-order valence-corrected chi connectivity index (χ3v) is 9.68. The Bertz CT molecular complexity index is 2060. The molecule has 0 unspecified atom stereocenters. The number of benzene rings is 4. The number of methoxy groups -OCH3 is 2. The molecule has 2 heterocycles. The summed E-state index contributed by atoms with van der Waals surface area (Å²) in [4.78, 5) is 32.2. The van der Waals surface area contributed by atoms with Crippen LogP contribution in [0.2, 0.25) is 0 Å². The molecule has 8 nitrogen and oxygen atoms in total. The van der Waals surface area contributed by atoms with E-state index in [2.05, 4.69) is 35.2 Å². The topological polar surface area (TPSA) is 87.8 Å². The van der Waals surface area contributed by atoms with Crippen LogP contribution in [0, 0.1) is 11.3 Å². The van der Waals surface area contributed by atoms with Crippen LogP contribution in [0.15, 0.2) is 114 Å².